The van der Waals surface area contributed by atoms with Gasteiger partial charge in [-0.15, -0.1) is 0 Å². The Hall–Kier alpha value is -0.800. The zero-order chi connectivity index (χ0) is 12.8. The summed E-state index contributed by atoms with van der Waals surface area (Å²) in [6.45, 7) is 2.84. The fraction of sp³-hybridized carbons (Fsp3) is 0.733. The van der Waals surface area contributed by atoms with Gasteiger partial charge in [-0.05, 0) is 31.9 Å². The van der Waals surface area contributed by atoms with E-state index in [1.165, 1.54) is 12.8 Å². The van der Waals surface area contributed by atoms with Gasteiger partial charge < -0.3 is 14.8 Å². The zero-order valence-corrected chi connectivity index (χ0v) is 11.3. The summed E-state index contributed by atoms with van der Waals surface area (Å²) in [5.74, 6) is 1.00. The minimum atomic E-state index is -0.492. The van der Waals surface area contributed by atoms with Gasteiger partial charge >= 0.3 is 0 Å². The van der Waals surface area contributed by atoms with E-state index in [9.17, 15) is 5.11 Å². The van der Waals surface area contributed by atoms with Crippen molar-refractivity contribution < 1.29 is 9.52 Å². The first-order valence-electron chi connectivity index (χ1n) is 7.16. The molecular weight excluding hydrogens is 226 g/mol. The Labute approximate surface area is 110 Å². The average Bonchev–Trinajstić information content (AvgIpc) is 2.75. The highest BCUT2D eigenvalue weighted by Gasteiger charge is 2.27. The summed E-state index contributed by atoms with van der Waals surface area (Å²) in [6.07, 6.45) is 9.31. The molecule has 0 aromatic carbocycles. The molecule has 1 aromatic heterocycles. The summed E-state index contributed by atoms with van der Waals surface area (Å²) in [6, 6.07) is 4.25. The van der Waals surface area contributed by atoms with Crippen molar-refractivity contribution in [1.29, 1.82) is 0 Å². The fourth-order valence-electron chi connectivity index (χ4n) is 2.73. The smallest absolute Gasteiger partial charge is 0.105 e. The first kappa shape index (κ1) is 13.6. The highest BCUT2D eigenvalue weighted by Crippen LogP contribution is 2.26. The molecule has 1 aromatic rings. The fourth-order valence-corrected chi connectivity index (χ4v) is 2.73. The number of nitrogens with one attached hydrogen (secondary N) is 1. The van der Waals surface area contributed by atoms with Crippen molar-refractivity contribution in [2.45, 2.75) is 63.5 Å². The van der Waals surface area contributed by atoms with Crippen LogP contribution < -0.4 is 5.32 Å². The van der Waals surface area contributed by atoms with Crippen molar-refractivity contribution in [3.63, 3.8) is 0 Å². The Morgan fingerprint density at radius 1 is 1.33 bits per heavy atom. The lowest BCUT2D eigenvalue weighted by molar-refractivity contribution is 0.0230. The van der Waals surface area contributed by atoms with E-state index in [-0.39, 0.29) is 0 Å². The van der Waals surface area contributed by atoms with Crippen LogP contribution in [-0.4, -0.2) is 23.3 Å². The van der Waals surface area contributed by atoms with Crippen molar-refractivity contribution in [3.05, 3.63) is 24.2 Å². The molecule has 1 heterocycles. The van der Waals surface area contributed by atoms with Crippen LogP contribution in [-0.2, 0) is 6.42 Å². The van der Waals surface area contributed by atoms with Gasteiger partial charge in [-0.2, -0.15) is 0 Å². The summed E-state index contributed by atoms with van der Waals surface area (Å²) in [5, 5.41) is 14.0. The Balaban J connectivity index is 1.75. The molecule has 0 bridgehead atoms. The monoisotopic (exact) mass is 251 g/mol. The van der Waals surface area contributed by atoms with Crippen molar-refractivity contribution in [3.8, 4) is 0 Å². The molecule has 3 nitrogen and oxygen atoms in total. The average molecular weight is 251 g/mol. The molecule has 2 rings (SSSR count). The van der Waals surface area contributed by atoms with E-state index in [1.807, 2.05) is 12.1 Å². The Bertz CT molecular complexity index is 326. The minimum absolute atomic E-state index is 0.337. The van der Waals surface area contributed by atoms with Crippen LogP contribution in [0.4, 0.5) is 0 Å². The Morgan fingerprint density at radius 3 is 2.67 bits per heavy atom. The molecule has 1 saturated carbocycles. The quantitative estimate of drug-likeness (QED) is 0.791. The van der Waals surface area contributed by atoms with Gasteiger partial charge in [-0.3, -0.25) is 0 Å². The zero-order valence-electron chi connectivity index (χ0n) is 11.3. The second-order valence-corrected chi connectivity index (χ2v) is 5.70. The molecule has 1 fully saturated rings. The van der Waals surface area contributed by atoms with Gasteiger partial charge in [-0.1, -0.05) is 25.7 Å². The number of aliphatic hydroxyl groups is 1. The molecule has 1 aliphatic carbocycles. The van der Waals surface area contributed by atoms with Crippen LogP contribution in [0.25, 0.3) is 0 Å². The van der Waals surface area contributed by atoms with E-state index in [2.05, 4.69) is 12.2 Å². The van der Waals surface area contributed by atoms with Gasteiger partial charge in [0.1, 0.15) is 5.76 Å². The minimum Gasteiger partial charge on any atom is -0.469 e. The van der Waals surface area contributed by atoms with Crippen LogP contribution in [0.15, 0.2) is 22.8 Å². The third-order valence-electron chi connectivity index (χ3n) is 3.90. The molecule has 0 spiro atoms. The van der Waals surface area contributed by atoms with E-state index >= 15 is 0 Å². The molecule has 1 atom stereocenters. The van der Waals surface area contributed by atoms with E-state index < -0.39 is 5.60 Å². The van der Waals surface area contributed by atoms with Gasteiger partial charge in [0, 0.05) is 19.0 Å². The predicted octanol–water partition coefficient (Wildman–Crippen LogP) is 2.89. The summed E-state index contributed by atoms with van der Waals surface area (Å²) >= 11 is 0. The topological polar surface area (TPSA) is 45.4 Å². The largest absolute Gasteiger partial charge is 0.469 e. The number of furan rings is 1. The van der Waals surface area contributed by atoms with E-state index in [0.717, 1.165) is 37.9 Å². The lowest BCUT2D eigenvalue weighted by Gasteiger charge is -2.28. The summed E-state index contributed by atoms with van der Waals surface area (Å²) < 4.78 is 5.34. The third-order valence-corrected chi connectivity index (χ3v) is 3.90. The summed E-state index contributed by atoms with van der Waals surface area (Å²) in [4.78, 5) is 0. The Morgan fingerprint density at radius 2 is 2.06 bits per heavy atom. The maximum Gasteiger partial charge on any atom is 0.105 e. The van der Waals surface area contributed by atoms with Gasteiger partial charge in [0.2, 0.25) is 0 Å². The van der Waals surface area contributed by atoms with Crippen LogP contribution in [0, 0.1) is 0 Å². The molecular formula is C15H25NO2. The van der Waals surface area contributed by atoms with Crippen LogP contribution in [0.2, 0.25) is 0 Å². The number of hydrogen-bond acceptors (Lipinski definition) is 3. The second kappa shape index (κ2) is 6.39. The molecule has 18 heavy (non-hydrogen) atoms. The standard InChI is InChI=1S/C15H25NO2/c1-13(11-14-7-6-10-18-14)16-12-15(17)8-4-2-3-5-9-15/h6-7,10,13,16-17H,2-5,8-9,11-12H2,1H3. The lowest BCUT2D eigenvalue weighted by atomic mass is 9.94. The molecule has 1 unspecified atom stereocenters. The van der Waals surface area contributed by atoms with E-state index in [4.69, 9.17) is 4.42 Å². The Kier molecular flexibility index (Phi) is 4.84. The van der Waals surface area contributed by atoms with Crippen LogP contribution in [0.5, 0.6) is 0 Å². The predicted molar refractivity (Wildman–Crippen MR) is 72.5 cm³/mol. The summed E-state index contributed by atoms with van der Waals surface area (Å²) in [7, 11) is 0. The summed E-state index contributed by atoms with van der Waals surface area (Å²) in [5.41, 5.74) is -0.492. The first-order valence-corrected chi connectivity index (χ1v) is 7.16. The van der Waals surface area contributed by atoms with Crippen molar-refractivity contribution in [1.82, 2.24) is 5.32 Å². The van der Waals surface area contributed by atoms with Gasteiger partial charge in [-0.25, -0.2) is 0 Å². The van der Waals surface area contributed by atoms with Crippen LogP contribution in [0.3, 0.4) is 0 Å². The molecule has 0 radical (unpaired) electrons. The van der Waals surface area contributed by atoms with Crippen molar-refractivity contribution >= 4 is 0 Å². The number of rotatable bonds is 5. The van der Waals surface area contributed by atoms with Crippen LogP contribution in [0.1, 0.15) is 51.2 Å². The lowest BCUT2D eigenvalue weighted by Crippen LogP contribution is -2.44. The normalized spacial score (nSPS) is 21.4. The van der Waals surface area contributed by atoms with Crippen LogP contribution >= 0.6 is 0 Å². The number of hydrogen-bond donors (Lipinski definition) is 2. The molecule has 0 aliphatic heterocycles. The van der Waals surface area contributed by atoms with Gasteiger partial charge in [0.05, 0.1) is 11.9 Å². The SMILES string of the molecule is CC(Cc1ccco1)NCC1(O)CCCCCC1. The molecule has 102 valence electrons. The highest BCUT2D eigenvalue weighted by molar-refractivity contribution is 5.00. The molecule has 0 saturated heterocycles. The highest BCUT2D eigenvalue weighted by atomic mass is 16.3. The van der Waals surface area contributed by atoms with Gasteiger partial charge in [0.25, 0.3) is 0 Å². The van der Waals surface area contributed by atoms with E-state index in [1.54, 1.807) is 6.26 Å². The second-order valence-electron chi connectivity index (χ2n) is 5.70. The van der Waals surface area contributed by atoms with E-state index in [0.29, 0.717) is 12.6 Å². The van der Waals surface area contributed by atoms with Crippen molar-refractivity contribution in [2.24, 2.45) is 0 Å². The molecule has 0 amide bonds. The molecule has 2 N–H and O–H groups in total. The van der Waals surface area contributed by atoms with Gasteiger partial charge in [0.15, 0.2) is 0 Å². The maximum atomic E-state index is 10.5. The molecule has 3 heteroatoms. The first-order chi connectivity index (χ1) is 8.68. The third kappa shape index (κ3) is 4.14. The van der Waals surface area contributed by atoms with Crippen molar-refractivity contribution in [2.75, 3.05) is 6.54 Å². The molecule has 1 aliphatic rings. The maximum absolute atomic E-state index is 10.5.